The number of nitrogens with two attached hydrogens (primary N) is 2. The molecule has 0 fully saturated rings. The highest BCUT2D eigenvalue weighted by atomic mass is 16.4. The number of nitrogens with zero attached hydrogens (tertiary/aromatic N) is 2. The summed E-state index contributed by atoms with van der Waals surface area (Å²) in [6.45, 7) is 2.10. The molecule has 11 heteroatoms. The normalized spacial score (nSPS) is 17.6. The molecular formula is C22H28N6O5. The van der Waals surface area contributed by atoms with E-state index in [-0.39, 0.29) is 24.3 Å². The van der Waals surface area contributed by atoms with Gasteiger partial charge in [0.1, 0.15) is 17.7 Å². The molecule has 2 atom stereocenters. The van der Waals surface area contributed by atoms with Gasteiger partial charge in [0.15, 0.2) is 0 Å². The van der Waals surface area contributed by atoms with Crippen LogP contribution >= 0.6 is 0 Å². The van der Waals surface area contributed by atoms with Crippen molar-refractivity contribution < 1.29 is 24.6 Å². The third-order valence-electron chi connectivity index (χ3n) is 5.70. The molecule has 1 unspecified atom stereocenters. The van der Waals surface area contributed by atoms with Gasteiger partial charge in [-0.1, -0.05) is 12.1 Å². The largest absolute Gasteiger partial charge is 0.481 e. The summed E-state index contributed by atoms with van der Waals surface area (Å²) in [4.78, 5) is 42.5. The summed E-state index contributed by atoms with van der Waals surface area (Å²) in [5, 5.41) is 23.7. The fraction of sp³-hybridized carbons (Fsp3) is 0.409. The maximum Gasteiger partial charge on any atom is 0.326 e. The number of anilines is 3. The van der Waals surface area contributed by atoms with Crippen LogP contribution in [0.5, 0.6) is 0 Å². The number of nitrogen functional groups attached to an aromatic ring is 2. The SMILES string of the molecule is CC1(CCCc2ccc(C(=O)N[C@@H](CCC(=O)O)C(=O)O)cc2)Cc2c(N)nc(N)nc2N1. The molecule has 1 amide bonds. The number of aryl methyl sites for hydroxylation is 1. The van der Waals surface area contributed by atoms with Crippen molar-refractivity contribution in [3.05, 3.63) is 41.0 Å². The number of fused-ring (bicyclic) bond motifs is 1. The smallest absolute Gasteiger partial charge is 0.326 e. The Hall–Kier alpha value is -3.89. The lowest BCUT2D eigenvalue weighted by Crippen LogP contribution is -2.41. The molecule has 0 spiro atoms. The average molecular weight is 457 g/mol. The van der Waals surface area contributed by atoms with Gasteiger partial charge in [0, 0.05) is 29.5 Å². The molecule has 1 aliphatic heterocycles. The van der Waals surface area contributed by atoms with Crippen LogP contribution in [0, 0.1) is 0 Å². The van der Waals surface area contributed by atoms with E-state index in [2.05, 4.69) is 27.5 Å². The summed E-state index contributed by atoms with van der Waals surface area (Å²) in [5.74, 6) is -1.73. The standard InChI is InChI=1S/C22H28N6O5/c1-22(11-14-17(23)26-21(24)27-18(14)28-22)10-2-3-12-4-6-13(7-5-12)19(31)25-15(20(32)33)8-9-16(29)30/h4-7,15H,2-3,8-11H2,1H3,(H,25,31)(H,29,30)(H,32,33)(H5,23,24,26,27,28)/t15-,22?/m0/s1. The van der Waals surface area contributed by atoms with E-state index in [1.807, 2.05) is 12.1 Å². The van der Waals surface area contributed by atoms with Crippen molar-refractivity contribution in [2.24, 2.45) is 0 Å². The van der Waals surface area contributed by atoms with E-state index in [1.165, 1.54) is 0 Å². The molecule has 0 bridgehead atoms. The maximum absolute atomic E-state index is 12.3. The fourth-order valence-corrected chi connectivity index (χ4v) is 3.94. The monoisotopic (exact) mass is 456 g/mol. The molecule has 3 rings (SSSR count). The number of carbonyl (C=O) groups excluding carboxylic acids is 1. The average Bonchev–Trinajstić information content (AvgIpc) is 3.07. The summed E-state index contributed by atoms with van der Waals surface area (Å²) in [6.07, 6.45) is 2.70. The maximum atomic E-state index is 12.3. The second kappa shape index (κ2) is 9.72. The summed E-state index contributed by atoms with van der Waals surface area (Å²) in [7, 11) is 0. The molecule has 1 aliphatic rings. The third-order valence-corrected chi connectivity index (χ3v) is 5.70. The Kier molecular flexibility index (Phi) is 7.00. The number of carboxylic acid groups (broad SMARTS) is 2. The molecule has 1 aromatic carbocycles. The van der Waals surface area contributed by atoms with Crippen LogP contribution in [0.3, 0.4) is 0 Å². The summed E-state index contributed by atoms with van der Waals surface area (Å²) in [6, 6.07) is 5.65. The number of aromatic nitrogens is 2. The molecule has 33 heavy (non-hydrogen) atoms. The Labute approximate surface area is 190 Å². The molecule has 8 N–H and O–H groups in total. The molecule has 0 aliphatic carbocycles. The number of carbonyl (C=O) groups is 3. The topological polar surface area (TPSA) is 194 Å². The quantitative estimate of drug-likeness (QED) is 0.304. The van der Waals surface area contributed by atoms with E-state index >= 15 is 0 Å². The Morgan fingerprint density at radius 2 is 1.88 bits per heavy atom. The van der Waals surface area contributed by atoms with Crippen molar-refractivity contribution in [1.82, 2.24) is 15.3 Å². The first kappa shape index (κ1) is 23.8. The van der Waals surface area contributed by atoms with Crippen molar-refractivity contribution in [2.45, 2.75) is 57.0 Å². The van der Waals surface area contributed by atoms with Crippen LogP contribution in [-0.2, 0) is 22.4 Å². The van der Waals surface area contributed by atoms with Crippen LogP contribution in [-0.4, -0.2) is 49.6 Å². The van der Waals surface area contributed by atoms with Gasteiger partial charge in [-0.15, -0.1) is 0 Å². The van der Waals surface area contributed by atoms with Crippen LogP contribution in [0.2, 0.25) is 0 Å². The van der Waals surface area contributed by atoms with Crippen LogP contribution in [0.1, 0.15) is 54.1 Å². The minimum Gasteiger partial charge on any atom is -0.481 e. The number of aliphatic carboxylic acids is 2. The Balaban J connectivity index is 1.51. The lowest BCUT2D eigenvalue weighted by molar-refractivity contribution is -0.140. The van der Waals surface area contributed by atoms with E-state index < -0.39 is 23.9 Å². The van der Waals surface area contributed by atoms with Crippen LogP contribution in [0.25, 0.3) is 0 Å². The van der Waals surface area contributed by atoms with Gasteiger partial charge in [-0.3, -0.25) is 9.59 Å². The minimum atomic E-state index is -1.27. The van der Waals surface area contributed by atoms with Crippen molar-refractivity contribution >= 4 is 35.4 Å². The Morgan fingerprint density at radius 1 is 1.18 bits per heavy atom. The zero-order valence-electron chi connectivity index (χ0n) is 18.3. The first-order valence-electron chi connectivity index (χ1n) is 10.6. The number of hydrogen-bond acceptors (Lipinski definition) is 8. The lowest BCUT2D eigenvalue weighted by Gasteiger charge is -2.24. The van der Waals surface area contributed by atoms with E-state index in [0.717, 1.165) is 30.4 Å². The third kappa shape index (κ3) is 6.09. The first-order chi connectivity index (χ1) is 15.6. The van der Waals surface area contributed by atoms with Gasteiger partial charge < -0.3 is 32.3 Å². The molecule has 11 nitrogen and oxygen atoms in total. The van der Waals surface area contributed by atoms with E-state index in [1.54, 1.807) is 12.1 Å². The summed E-state index contributed by atoms with van der Waals surface area (Å²) >= 11 is 0. The van der Waals surface area contributed by atoms with Gasteiger partial charge in [-0.25, -0.2) is 4.79 Å². The fourth-order valence-electron chi connectivity index (χ4n) is 3.94. The molecule has 2 heterocycles. The second-order valence-electron chi connectivity index (χ2n) is 8.50. The second-order valence-corrected chi connectivity index (χ2v) is 8.50. The van der Waals surface area contributed by atoms with Gasteiger partial charge in [0.2, 0.25) is 5.95 Å². The van der Waals surface area contributed by atoms with E-state index in [9.17, 15) is 19.5 Å². The minimum absolute atomic E-state index is 0.142. The number of nitrogens with one attached hydrogen (secondary N) is 2. The molecule has 0 radical (unpaired) electrons. The molecule has 0 saturated carbocycles. The highest BCUT2D eigenvalue weighted by Crippen LogP contribution is 2.36. The molecule has 176 valence electrons. The van der Waals surface area contributed by atoms with Crippen molar-refractivity contribution in [2.75, 3.05) is 16.8 Å². The highest BCUT2D eigenvalue weighted by Gasteiger charge is 2.34. The summed E-state index contributed by atoms with van der Waals surface area (Å²) in [5.41, 5.74) is 13.7. The molecule has 1 aromatic heterocycles. The van der Waals surface area contributed by atoms with Crippen molar-refractivity contribution in [3.63, 3.8) is 0 Å². The van der Waals surface area contributed by atoms with Gasteiger partial charge in [-0.2, -0.15) is 9.97 Å². The zero-order valence-corrected chi connectivity index (χ0v) is 18.3. The predicted molar refractivity (Wildman–Crippen MR) is 122 cm³/mol. The van der Waals surface area contributed by atoms with Crippen LogP contribution in [0.15, 0.2) is 24.3 Å². The number of benzene rings is 1. The predicted octanol–water partition coefficient (Wildman–Crippen LogP) is 1.44. The van der Waals surface area contributed by atoms with Gasteiger partial charge in [0.25, 0.3) is 5.91 Å². The van der Waals surface area contributed by atoms with E-state index in [0.29, 0.717) is 23.6 Å². The molecule has 2 aromatic rings. The van der Waals surface area contributed by atoms with Crippen molar-refractivity contribution in [3.8, 4) is 0 Å². The number of carboxylic acids is 2. The number of rotatable bonds is 10. The van der Waals surface area contributed by atoms with Crippen LogP contribution < -0.4 is 22.1 Å². The first-order valence-corrected chi connectivity index (χ1v) is 10.6. The molecular weight excluding hydrogens is 428 g/mol. The van der Waals surface area contributed by atoms with E-state index in [4.69, 9.17) is 16.6 Å². The van der Waals surface area contributed by atoms with Crippen molar-refractivity contribution in [1.29, 1.82) is 0 Å². The van der Waals surface area contributed by atoms with Gasteiger partial charge in [-0.05, 0) is 50.3 Å². The number of hydrogen-bond donors (Lipinski definition) is 6. The molecule has 0 saturated heterocycles. The summed E-state index contributed by atoms with van der Waals surface area (Å²) < 4.78 is 0. The Morgan fingerprint density at radius 3 is 2.52 bits per heavy atom. The van der Waals surface area contributed by atoms with Gasteiger partial charge >= 0.3 is 11.9 Å². The van der Waals surface area contributed by atoms with Crippen LogP contribution in [0.4, 0.5) is 17.6 Å². The number of amides is 1. The zero-order chi connectivity index (χ0) is 24.2. The lowest BCUT2D eigenvalue weighted by atomic mass is 9.90. The van der Waals surface area contributed by atoms with Gasteiger partial charge in [0.05, 0.1) is 0 Å². The Bertz CT molecular complexity index is 1060. The highest BCUT2D eigenvalue weighted by molar-refractivity contribution is 5.96.